The first-order chi connectivity index (χ1) is 15.5. The molecule has 0 N–H and O–H groups in total. The molecule has 32 heavy (non-hydrogen) atoms. The number of amides is 2. The molecule has 1 aliphatic heterocycles. The SMILES string of the molecule is O=C1C(=Cc2cccc(Br)c2)SC(=S)N1CC(=O)N(Cc1ccccc1)c1ccccc1. The van der Waals surface area contributed by atoms with Crippen molar-refractivity contribution < 1.29 is 9.59 Å². The first-order valence-corrected chi connectivity index (χ1v) is 11.9. The molecule has 3 aromatic rings. The average Bonchev–Trinajstić information content (AvgIpc) is 3.06. The van der Waals surface area contributed by atoms with E-state index in [4.69, 9.17) is 12.2 Å². The van der Waals surface area contributed by atoms with E-state index in [0.29, 0.717) is 15.8 Å². The van der Waals surface area contributed by atoms with Gasteiger partial charge in [0.15, 0.2) is 0 Å². The zero-order chi connectivity index (χ0) is 22.5. The highest BCUT2D eigenvalue weighted by Crippen LogP contribution is 2.33. The number of nitrogens with zero attached hydrogens (tertiary/aromatic N) is 2. The molecule has 0 unspecified atom stereocenters. The molecule has 0 bridgehead atoms. The molecule has 4 rings (SSSR count). The number of benzene rings is 3. The zero-order valence-electron chi connectivity index (χ0n) is 17.0. The third kappa shape index (κ3) is 5.35. The topological polar surface area (TPSA) is 40.6 Å². The van der Waals surface area contributed by atoms with E-state index in [0.717, 1.165) is 21.3 Å². The number of carbonyl (C=O) groups is 2. The van der Waals surface area contributed by atoms with Crippen LogP contribution in [0.5, 0.6) is 0 Å². The summed E-state index contributed by atoms with van der Waals surface area (Å²) in [6.45, 7) is 0.300. The quantitative estimate of drug-likeness (QED) is 0.299. The van der Waals surface area contributed by atoms with Crippen LogP contribution in [-0.2, 0) is 16.1 Å². The predicted octanol–water partition coefficient (Wildman–Crippen LogP) is 5.88. The lowest BCUT2D eigenvalue weighted by molar-refractivity contribution is -0.127. The number of thiocarbonyl (C=S) groups is 1. The molecule has 0 radical (unpaired) electrons. The first kappa shape index (κ1) is 22.5. The monoisotopic (exact) mass is 522 g/mol. The van der Waals surface area contributed by atoms with Crippen LogP contribution in [0.1, 0.15) is 11.1 Å². The normalized spacial score (nSPS) is 14.8. The molecule has 160 valence electrons. The van der Waals surface area contributed by atoms with Gasteiger partial charge in [-0.3, -0.25) is 14.5 Å². The first-order valence-electron chi connectivity index (χ1n) is 9.91. The Bertz CT molecular complexity index is 1180. The Morgan fingerprint density at radius 2 is 1.69 bits per heavy atom. The third-order valence-electron chi connectivity index (χ3n) is 4.87. The van der Waals surface area contributed by atoms with E-state index in [1.54, 1.807) is 11.0 Å². The second-order valence-electron chi connectivity index (χ2n) is 7.12. The van der Waals surface area contributed by atoms with Gasteiger partial charge in [0.05, 0.1) is 11.4 Å². The van der Waals surface area contributed by atoms with Crippen molar-refractivity contribution in [2.75, 3.05) is 11.4 Å². The zero-order valence-corrected chi connectivity index (χ0v) is 20.2. The number of carbonyl (C=O) groups excluding carboxylic acids is 2. The van der Waals surface area contributed by atoms with Crippen LogP contribution in [0.2, 0.25) is 0 Å². The molecule has 4 nitrogen and oxygen atoms in total. The minimum Gasteiger partial charge on any atom is -0.306 e. The van der Waals surface area contributed by atoms with Gasteiger partial charge in [0, 0.05) is 10.2 Å². The van der Waals surface area contributed by atoms with Crippen LogP contribution >= 0.6 is 39.9 Å². The number of halogens is 1. The van der Waals surface area contributed by atoms with Gasteiger partial charge in [-0.1, -0.05) is 101 Å². The number of anilines is 1. The Morgan fingerprint density at radius 1 is 1.00 bits per heavy atom. The summed E-state index contributed by atoms with van der Waals surface area (Å²) in [5.74, 6) is -0.443. The molecule has 1 aliphatic rings. The van der Waals surface area contributed by atoms with Gasteiger partial charge in [-0.2, -0.15) is 0 Å². The fraction of sp³-hybridized carbons (Fsp3) is 0.0800. The lowest BCUT2D eigenvalue weighted by Crippen LogP contribution is -2.42. The van der Waals surface area contributed by atoms with Crippen molar-refractivity contribution >= 4 is 67.8 Å². The van der Waals surface area contributed by atoms with Crippen LogP contribution in [0.25, 0.3) is 6.08 Å². The van der Waals surface area contributed by atoms with Crippen LogP contribution in [0.4, 0.5) is 5.69 Å². The molecule has 7 heteroatoms. The average molecular weight is 523 g/mol. The van der Waals surface area contributed by atoms with Gasteiger partial charge < -0.3 is 4.90 Å². The van der Waals surface area contributed by atoms with E-state index in [-0.39, 0.29) is 18.4 Å². The molecular formula is C25H19BrN2O2S2. The van der Waals surface area contributed by atoms with Gasteiger partial charge in [0.2, 0.25) is 5.91 Å². The number of hydrogen-bond donors (Lipinski definition) is 0. The highest BCUT2D eigenvalue weighted by atomic mass is 79.9. The van der Waals surface area contributed by atoms with Crippen molar-refractivity contribution in [2.24, 2.45) is 0 Å². The van der Waals surface area contributed by atoms with E-state index in [9.17, 15) is 9.59 Å². The summed E-state index contributed by atoms with van der Waals surface area (Å²) in [5, 5.41) is 0. The van der Waals surface area contributed by atoms with E-state index in [2.05, 4.69) is 15.9 Å². The molecule has 0 spiro atoms. The smallest absolute Gasteiger partial charge is 0.266 e. The van der Waals surface area contributed by atoms with Gasteiger partial charge >= 0.3 is 0 Å². The van der Waals surface area contributed by atoms with Crippen LogP contribution in [0.3, 0.4) is 0 Å². The molecule has 0 atom stereocenters. The van der Waals surface area contributed by atoms with E-state index >= 15 is 0 Å². The number of rotatable bonds is 6. The van der Waals surface area contributed by atoms with Gasteiger partial charge in [0.25, 0.3) is 5.91 Å². The fourth-order valence-electron chi connectivity index (χ4n) is 3.30. The van der Waals surface area contributed by atoms with Gasteiger partial charge in [0.1, 0.15) is 10.9 Å². The van der Waals surface area contributed by atoms with Crippen molar-refractivity contribution in [1.82, 2.24) is 4.90 Å². The van der Waals surface area contributed by atoms with E-state index in [1.165, 1.54) is 16.7 Å². The van der Waals surface area contributed by atoms with Crippen molar-refractivity contribution in [3.05, 3.63) is 105 Å². The predicted molar refractivity (Wildman–Crippen MR) is 138 cm³/mol. The molecule has 0 saturated carbocycles. The lowest BCUT2D eigenvalue weighted by Gasteiger charge is -2.25. The third-order valence-corrected chi connectivity index (χ3v) is 6.74. The standard InChI is InChI=1S/C25H19BrN2O2S2/c26-20-11-7-10-19(14-20)15-22-24(30)28(25(31)32-22)17-23(29)27(21-12-5-2-6-13-21)16-18-8-3-1-4-9-18/h1-15H,16-17H2. The van der Waals surface area contributed by atoms with Gasteiger partial charge in [-0.25, -0.2) is 0 Å². The summed E-state index contributed by atoms with van der Waals surface area (Å²) in [5.41, 5.74) is 2.67. The largest absolute Gasteiger partial charge is 0.306 e. The van der Waals surface area contributed by atoms with Crippen LogP contribution in [0, 0.1) is 0 Å². The molecule has 1 saturated heterocycles. The second kappa shape index (κ2) is 10.3. The lowest BCUT2D eigenvalue weighted by atomic mass is 10.2. The van der Waals surface area contributed by atoms with E-state index in [1.807, 2.05) is 84.9 Å². The summed E-state index contributed by atoms with van der Waals surface area (Å²) >= 11 is 10.1. The maximum atomic E-state index is 13.3. The fourth-order valence-corrected chi connectivity index (χ4v) is 4.97. The Morgan fingerprint density at radius 3 is 2.38 bits per heavy atom. The van der Waals surface area contributed by atoms with Crippen LogP contribution in [-0.4, -0.2) is 27.6 Å². The maximum Gasteiger partial charge on any atom is 0.266 e. The molecule has 3 aromatic carbocycles. The Labute approximate surface area is 205 Å². The Hall–Kier alpha value is -2.74. The molecule has 0 aliphatic carbocycles. The number of para-hydroxylation sites is 1. The van der Waals surface area contributed by atoms with Crippen molar-refractivity contribution in [3.8, 4) is 0 Å². The molecule has 1 fully saturated rings. The molecule has 0 aromatic heterocycles. The Kier molecular flexibility index (Phi) is 7.19. The summed E-state index contributed by atoms with van der Waals surface area (Å²) in [4.78, 5) is 29.9. The molecule has 2 amide bonds. The van der Waals surface area contributed by atoms with Crippen molar-refractivity contribution in [1.29, 1.82) is 0 Å². The summed E-state index contributed by atoms with van der Waals surface area (Å²) in [7, 11) is 0. The Balaban J connectivity index is 1.55. The minimum atomic E-state index is -0.249. The van der Waals surface area contributed by atoms with Crippen LogP contribution in [0.15, 0.2) is 94.3 Å². The number of hydrogen-bond acceptors (Lipinski definition) is 4. The molecule has 1 heterocycles. The van der Waals surface area contributed by atoms with Crippen molar-refractivity contribution in [2.45, 2.75) is 6.54 Å². The highest BCUT2D eigenvalue weighted by Gasteiger charge is 2.34. The summed E-state index contributed by atoms with van der Waals surface area (Å²) in [6.07, 6.45) is 1.80. The molecular weight excluding hydrogens is 504 g/mol. The highest BCUT2D eigenvalue weighted by molar-refractivity contribution is 9.10. The van der Waals surface area contributed by atoms with E-state index < -0.39 is 0 Å². The summed E-state index contributed by atoms with van der Waals surface area (Å²) in [6, 6.07) is 26.9. The van der Waals surface area contributed by atoms with Crippen LogP contribution < -0.4 is 4.90 Å². The minimum absolute atomic E-state index is 0.109. The van der Waals surface area contributed by atoms with Gasteiger partial charge in [-0.05, 0) is 41.5 Å². The van der Waals surface area contributed by atoms with Crippen molar-refractivity contribution in [3.63, 3.8) is 0 Å². The second-order valence-corrected chi connectivity index (χ2v) is 9.72. The van der Waals surface area contributed by atoms with Gasteiger partial charge in [-0.15, -0.1) is 0 Å². The summed E-state index contributed by atoms with van der Waals surface area (Å²) < 4.78 is 1.31. The number of thioether (sulfide) groups is 1. The maximum absolute atomic E-state index is 13.3.